The highest BCUT2D eigenvalue weighted by Crippen LogP contribution is 2.42. The predicted molar refractivity (Wildman–Crippen MR) is 127 cm³/mol. The number of phenols is 1. The van der Waals surface area contributed by atoms with Gasteiger partial charge in [-0.25, -0.2) is 0 Å². The van der Waals surface area contributed by atoms with Crippen LogP contribution in [0.1, 0.15) is 77.6 Å². The minimum atomic E-state index is -0.0999. The Balaban J connectivity index is 0.00000364. The number of benzene rings is 1. The molecule has 1 heterocycles. The number of phenolic OH excluding ortho intramolecular Hbond substituents is 1. The highest BCUT2D eigenvalue weighted by Gasteiger charge is 2.30. The van der Waals surface area contributed by atoms with E-state index < -0.39 is 0 Å². The molecule has 0 aromatic heterocycles. The van der Waals surface area contributed by atoms with Gasteiger partial charge in [0.15, 0.2) is 0 Å². The molecular formula is C23H40Cl2N2O. The molecule has 0 bridgehead atoms. The van der Waals surface area contributed by atoms with Crippen LogP contribution >= 0.6 is 24.8 Å². The molecule has 162 valence electrons. The van der Waals surface area contributed by atoms with Crippen LogP contribution in [0, 0.1) is 0 Å². The van der Waals surface area contributed by atoms with Crippen LogP contribution in [0.2, 0.25) is 0 Å². The van der Waals surface area contributed by atoms with Gasteiger partial charge in [0.25, 0.3) is 0 Å². The predicted octanol–water partition coefficient (Wildman–Crippen LogP) is 5.74. The van der Waals surface area contributed by atoms with Crippen molar-refractivity contribution in [2.45, 2.75) is 71.8 Å². The lowest BCUT2D eigenvalue weighted by molar-refractivity contribution is 0.169. The van der Waals surface area contributed by atoms with Gasteiger partial charge < -0.3 is 10.4 Å². The van der Waals surface area contributed by atoms with Gasteiger partial charge in [-0.1, -0.05) is 53.2 Å². The number of piperazine rings is 1. The Bertz CT molecular complexity index is 654. The Morgan fingerprint density at radius 1 is 1.07 bits per heavy atom. The zero-order chi connectivity index (χ0) is 19.7. The Morgan fingerprint density at radius 2 is 1.61 bits per heavy atom. The first-order valence-electron chi connectivity index (χ1n) is 9.88. The summed E-state index contributed by atoms with van der Waals surface area (Å²) in [6.07, 6.45) is 0.880. The molecule has 1 aromatic carbocycles. The van der Waals surface area contributed by atoms with E-state index in [2.05, 4.69) is 77.4 Å². The maximum atomic E-state index is 11.3. The van der Waals surface area contributed by atoms with E-state index in [9.17, 15) is 5.11 Å². The van der Waals surface area contributed by atoms with E-state index in [1.54, 1.807) is 0 Å². The quantitative estimate of drug-likeness (QED) is 0.597. The summed E-state index contributed by atoms with van der Waals surface area (Å²) < 4.78 is 0. The second kappa shape index (κ2) is 10.3. The number of hydrogen-bond acceptors (Lipinski definition) is 3. The van der Waals surface area contributed by atoms with Crippen LogP contribution in [0.15, 0.2) is 24.3 Å². The second-order valence-electron chi connectivity index (χ2n) is 9.92. The summed E-state index contributed by atoms with van der Waals surface area (Å²) in [6, 6.07) is 4.62. The molecule has 0 radical (unpaired) electrons. The van der Waals surface area contributed by atoms with Crippen molar-refractivity contribution in [3.8, 4) is 5.75 Å². The van der Waals surface area contributed by atoms with Crippen molar-refractivity contribution in [1.29, 1.82) is 0 Å². The lowest BCUT2D eigenvalue weighted by Gasteiger charge is -2.37. The number of nitrogens with one attached hydrogen (secondary N) is 1. The summed E-state index contributed by atoms with van der Waals surface area (Å²) in [6.45, 7) is 23.5. The van der Waals surface area contributed by atoms with Gasteiger partial charge in [0, 0.05) is 37.8 Å². The van der Waals surface area contributed by atoms with E-state index in [-0.39, 0.29) is 41.7 Å². The van der Waals surface area contributed by atoms with Gasteiger partial charge in [-0.2, -0.15) is 0 Å². The van der Waals surface area contributed by atoms with E-state index in [1.165, 1.54) is 5.56 Å². The molecule has 1 aromatic rings. The van der Waals surface area contributed by atoms with Gasteiger partial charge in [0.2, 0.25) is 0 Å². The van der Waals surface area contributed by atoms with Crippen LogP contribution in [0.4, 0.5) is 0 Å². The molecule has 1 aliphatic heterocycles. The van der Waals surface area contributed by atoms with E-state index in [1.807, 2.05) is 0 Å². The third-order valence-corrected chi connectivity index (χ3v) is 5.31. The summed E-state index contributed by atoms with van der Waals surface area (Å²) in [7, 11) is 0. The van der Waals surface area contributed by atoms with Crippen LogP contribution in [-0.4, -0.2) is 36.2 Å². The van der Waals surface area contributed by atoms with Gasteiger partial charge in [-0.15, -0.1) is 31.4 Å². The molecule has 5 heteroatoms. The fourth-order valence-electron chi connectivity index (χ4n) is 3.68. The maximum Gasteiger partial charge on any atom is 0.124 e. The largest absolute Gasteiger partial charge is 0.507 e. The molecule has 1 saturated heterocycles. The van der Waals surface area contributed by atoms with Gasteiger partial charge in [-0.3, -0.25) is 4.90 Å². The van der Waals surface area contributed by atoms with E-state index in [4.69, 9.17) is 0 Å². The van der Waals surface area contributed by atoms with Gasteiger partial charge in [0.1, 0.15) is 5.75 Å². The molecule has 0 amide bonds. The van der Waals surface area contributed by atoms with Gasteiger partial charge in [-0.05, 0) is 41.4 Å². The summed E-state index contributed by atoms with van der Waals surface area (Å²) in [4.78, 5) is 2.50. The van der Waals surface area contributed by atoms with Crippen molar-refractivity contribution in [1.82, 2.24) is 10.2 Å². The average Bonchev–Trinajstić information content (AvgIpc) is 2.51. The first-order valence-corrected chi connectivity index (χ1v) is 9.88. The monoisotopic (exact) mass is 430 g/mol. The van der Waals surface area contributed by atoms with Crippen molar-refractivity contribution >= 4 is 24.8 Å². The van der Waals surface area contributed by atoms with E-state index in [0.717, 1.165) is 49.3 Å². The minimum Gasteiger partial charge on any atom is -0.507 e. The van der Waals surface area contributed by atoms with E-state index in [0.29, 0.717) is 5.75 Å². The lowest BCUT2D eigenvalue weighted by atomic mass is 9.77. The zero-order valence-corrected chi connectivity index (χ0v) is 20.3. The number of rotatable bonds is 4. The van der Waals surface area contributed by atoms with Crippen LogP contribution < -0.4 is 5.32 Å². The number of halogens is 2. The Morgan fingerprint density at radius 3 is 2.04 bits per heavy atom. The van der Waals surface area contributed by atoms with Gasteiger partial charge >= 0.3 is 0 Å². The Labute approximate surface area is 184 Å². The van der Waals surface area contributed by atoms with Crippen LogP contribution in [0.3, 0.4) is 0 Å². The third kappa shape index (κ3) is 6.66. The van der Waals surface area contributed by atoms with Crippen LogP contribution in [-0.2, 0) is 10.8 Å². The molecule has 1 fully saturated rings. The van der Waals surface area contributed by atoms with Crippen molar-refractivity contribution in [2.24, 2.45) is 0 Å². The SMILES string of the molecule is C=C(C)C[C@H](c1cc(C(C)(C)C)cc(C(C)(C)C)c1O)N1CCNCC1.Cl.Cl. The molecule has 0 spiro atoms. The molecule has 2 N–H and O–H groups in total. The van der Waals surface area contributed by atoms with Crippen molar-refractivity contribution < 1.29 is 5.11 Å². The van der Waals surface area contributed by atoms with Crippen molar-refractivity contribution in [3.05, 3.63) is 41.0 Å². The van der Waals surface area contributed by atoms with Crippen LogP contribution in [0.5, 0.6) is 5.75 Å². The molecule has 0 unspecified atom stereocenters. The molecule has 0 saturated carbocycles. The molecule has 1 aliphatic rings. The fraction of sp³-hybridized carbons (Fsp3) is 0.652. The number of hydrogen-bond donors (Lipinski definition) is 2. The topological polar surface area (TPSA) is 35.5 Å². The zero-order valence-electron chi connectivity index (χ0n) is 18.7. The third-order valence-electron chi connectivity index (χ3n) is 5.31. The number of aromatic hydroxyl groups is 1. The van der Waals surface area contributed by atoms with Crippen LogP contribution in [0.25, 0.3) is 0 Å². The highest BCUT2D eigenvalue weighted by atomic mass is 35.5. The average molecular weight is 431 g/mol. The molecule has 28 heavy (non-hydrogen) atoms. The Kier molecular flexibility index (Phi) is 10.1. The molecule has 2 rings (SSSR count). The summed E-state index contributed by atoms with van der Waals surface area (Å²) in [5, 5.41) is 14.7. The summed E-state index contributed by atoms with van der Waals surface area (Å²) >= 11 is 0. The van der Waals surface area contributed by atoms with E-state index >= 15 is 0 Å². The molecule has 3 nitrogen and oxygen atoms in total. The highest BCUT2D eigenvalue weighted by molar-refractivity contribution is 5.85. The minimum absolute atomic E-state index is 0. The summed E-state index contributed by atoms with van der Waals surface area (Å²) in [5.41, 5.74) is 4.49. The molecule has 0 aliphatic carbocycles. The van der Waals surface area contributed by atoms with Crippen molar-refractivity contribution in [2.75, 3.05) is 26.2 Å². The second-order valence-corrected chi connectivity index (χ2v) is 9.92. The summed E-state index contributed by atoms with van der Waals surface area (Å²) in [5.74, 6) is 0.468. The van der Waals surface area contributed by atoms with Crippen molar-refractivity contribution in [3.63, 3.8) is 0 Å². The lowest BCUT2D eigenvalue weighted by Crippen LogP contribution is -2.45. The fourth-order valence-corrected chi connectivity index (χ4v) is 3.68. The first kappa shape index (κ1) is 27.3. The standard InChI is InChI=1S/C23H38N2O.2ClH/c1-16(2)13-20(25-11-9-24-10-12-25)18-14-17(22(3,4)5)15-19(21(18)26)23(6,7)8;;/h14-15,20,24,26H,1,9-13H2,2-8H3;2*1H/t20-;;/m1../s1. The van der Waals surface area contributed by atoms with Gasteiger partial charge in [0.05, 0.1) is 0 Å². The Hall–Kier alpha value is -0.740. The normalized spacial score (nSPS) is 16.7. The first-order chi connectivity index (χ1) is 11.9. The smallest absolute Gasteiger partial charge is 0.124 e. The molecule has 1 atom stereocenters. The molecular weight excluding hydrogens is 391 g/mol. The maximum absolute atomic E-state index is 11.3. The number of nitrogens with zero attached hydrogens (tertiary/aromatic N) is 1.